The Hall–Kier alpha value is -6.56. The molecule has 0 radical (unpaired) electrons. The Labute approximate surface area is 332 Å². The normalized spacial score (nSPS) is 11.6. The van der Waals surface area contributed by atoms with Gasteiger partial charge in [-0.2, -0.15) is 0 Å². The molecular formula is C50H34N4SeSi. The molecule has 2 heterocycles. The van der Waals surface area contributed by atoms with Gasteiger partial charge in [0.1, 0.15) is 0 Å². The summed E-state index contributed by atoms with van der Waals surface area (Å²) in [5.41, 5.74) is 5.08. The Morgan fingerprint density at radius 2 is 0.804 bits per heavy atom. The second kappa shape index (κ2) is 14.6. The van der Waals surface area contributed by atoms with Crippen molar-refractivity contribution >= 4 is 63.9 Å². The molecule has 0 fully saturated rings. The molecule has 8 aromatic carbocycles. The van der Waals surface area contributed by atoms with Gasteiger partial charge in [0.25, 0.3) is 0 Å². The Morgan fingerprint density at radius 1 is 0.339 bits per heavy atom. The monoisotopic (exact) mass is 798 g/mol. The molecule has 4 nitrogen and oxygen atoms in total. The molecule has 0 saturated carbocycles. The van der Waals surface area contributed by atoms with Crippen LogP contribution in [0, 0.1) is 0 Å². The van der Waals surface area contributed by atoms with Gasteiger partial charge in [0.05, 0.1) is 0 Å². The van der Waals surface area contributed by atoms with E-state index >= 15 is 0 Å². The van der Waals surface area contributed by atoms with Crippen molar-refractivity contribution in [1.29, 1.82) is 0 Å². The van der Waals surface area contributed by atoms with Gasteiger partial charge in [-0.15, -0.1) is 0 Å². The van der Waals surface area contributed by atoms with Crippen LogP contribution in [0.3, 0.4) is 0 Å². The standard InChI is InChI=1S/C50H34N4SeSi/c1-6-17-36(18-7-1)47-52-48(54-49(53-47)43-28-16-21-35-31-34-44-46(45(35)43)55-50(51-44)38-19-8-2-9-20-38)37-29-32-42(33-30-37)56(39-22-10-3-11-23-39,40-24-12-4-13-25-40)41-26-14-5-15-27-41/h1-34H. The van der Waals surface area contributed by atoms with Gasteiger partial charge in [-0.25, -0.2) is 0 Å². The predicted octanol–water partition coefficient (Wildman–Crippen LogP) is 8.68. The third-order valence-electron chi connectivity index (χ3n) is 10.5. The van der Waals surface area contributed by atoms with E-state index in [-0.39, 0.29) is 14.5 Å². The summed E-state index contributed by atoms with van der Waals surface area (Å²) in [5.74, 6) is 1.94. The van der Waals surface area contributed by atoms with Crippen molar-refractivity contribution in [3.63, 3.8) is 0 Å². The van der Waals surface area contributed by atoms with E-state index in [4.69, 9.17) is 19.9 Å². The number of rotatable bonds is 8. The van der Waals surface area contributed by atoms with Crippen LogP contribution < -0.4 is 20.7 Å². The van der Waals surface area contributed by atoms with Crippen molar-refractivity contribution in [3.05, 3.63) is 206 Å². The molecule has 0 saturated heterocycles. The molecule has 264 valence electrons. The van der Waals surface area contributed by atoms with Crippen LogP contribution in [0.1, 0.15) is 0 Å². The maximum absolute atomic E-state index is 5.28. The van der Waals surface area contributed by atoms with Crippen molar-refractivity contribution in [2.45, 2.75) is 0 Å². The maximum atomic E-state index is 5.28. The zero-order valence-corrected chi connectivity index (χ0v) is 33.0. The molecule has 56 heavy (non-hydrogen) atoms. The third kappa shape index (κ3) is 6.01. The molecule has 10 rings (SSSR count). The van der Waals surface area contributed by atoms with Crippen molar-refractivity contribution in [3.8, 4) is 44.3 Å². The van der Waals surface area contributed by atoms with Gasteiger partial charge in [0, 0.05) is 0 Å². The fourth-order valence-electron chi connectivity index (χ4n) is 7.92. The van der Waals surface area contributed by atoms with Crippen LogP contribution in [0.4, 0.5) is 0 Å². The summed E-state index contributed by atoms with van der Waals surface area (Å²) in [7, 11) is -2.68. The van der Waals surface area contributed by atoms with Gasteiger partial charge in [0.2, 0.25) is 0 Å². The summed E-state index contributed by atoms with van der Waals surface area (Å²) in [6, 6.07) is 73.5. The topological polar surface area (TPSA) is 51.6 Å². The predicted molar refractivity (Wildman–Crippen MR) is 235 cm³/mol. The number of benzene rings is 8. The van der Waals surface area contributed by atoms with E-state index < -0.39 is 8.07 Å². The average molecular weight is 798 g/mol. The van der Waals surface area contributed by atoms with Crippen LogP contribution in [0.5, 0.6) is 0 Å². The van der Waals surface area contributed by atoms with E-state index in [2.05, 4.69) is 188 Å². The summed E-state index contributed by atoms with van der Waals surface area (Å²) in [4.78, 5) is 20.7. The Kier molecular flexibility index (Phi) is 8.85. The Morgan fingerprint density at radius 3 is 1.36 bits per heavy atom. The van der Waals surface area contributed by atoms with Crippen LogP contribution in [-0.2, 0) is 0 Å². The number of fused-ring (bicyclic) bond motifs is 3. The quantitative estimate of drug-likeness (QED) is 0.114. The van der Waals surface area contributed by atoms with Crippen molar-refractivity contribution in [2.75, 3.05) is 0 Å². The molecule has 0 N–H and O–H groups in total. The van der Waals surface area contributed by atoms with Crippen LogP contribution in [-0.4, -0.2) is 42.5 Å². The molecule has 0 aliphatic heterocycles. The first-order chi connectivity index (χ1) is 27.8. The second-order valence-corrected chi connectivity index (χ2v) is 19.7. The summed E-state index contributed by atoms with van der Waals surface area (Å²) < 4.78 is 2.40. The third-order valence-corrected chi connectivity index (χ3v) is 17.7. The van der Waals surface area contributed by atoms with Crippen LogP contribution >= 0.6 is 0 Å². The van der Waals surface area contributed by atoms with Gasteiger partial charge < -0.3 is 0 Å². The first-order valence-electron chi connectivity index (χ1n) is 18.7. The van der Waals surface area contributed by atoms with E-state index in [1.165, 1.54) is 30.6 Å². The second-order valence-electron chi connectivity index (χ2n) is 13.8. The van der Waals surface area contributed by atoms with Crippen LogP contribution in [0.25, 0.3) is 64.8 Å². The van der Waals surface area contributed by atoms with Crippen molar-refractivity contribution < 1.29 is 0 Å². The zero-order chi connectivity index (χ0) is 37.3. The average Bonchev–Trinajstić information content (AvgIpc) is 3.74. The number of hydrogen-bond donors (Lipinski definition) is 0. The van der Waals surface area contributed by atoms with Crippen LogP contribution in [0.15, 0.2) is 206 Å². The van der Waals surface area contributed by atoms with E-state index in [0.717, 1.165) is 37.5 Å². The van der Waals surface area contributed by atoms with E-state index in [9.17, 15) is 0 Å². The van der Waals surface area contributed by atoms with E-state index in [0.29, 0.717) is 17.5 Å². The molecule has 0 unspecified atom stereocenters. The molecule has 0 spiro atoms. The molecule has 0 aliphatic carbocycles. The number of hydrogen-bond acceptors (Lipinski definition) is 4. The summed E-state index contributed by atoms with van der Waals surface area (Å²) in [5, 5.41) is 7.62. The summed E-state index contributed by atoms with van der Waals surface area (Å²) in [6.45, 7) is 0. The Balaban J connectivity index is 1.16. The molecule has 2 aromatic heterocycles. The fraction of sp³-hybridized carbons (Fsp3) is 0. The van der Waals surface area contributed by atoms with E-state index in [1.54, 1.807) is 0 Å². The molecule has 0 bridgehead atoms. The molecule has 6 heteroatoms. The van der Waals surface area contributed by atoms with Gasteiger partial charge in [-0.3, -0.25) is 0 Å². The molecular weight excluding hydrogens is 764 g/mol. The van der Waals surface area contributed by atoms with Gasteiger partial charge >= 0.3 is 243 Å². The summed E-state index contributed by atoms with van der Waals surface area (Å²) >= 11 is 0.0207. The van der Waals surface area contributed by atoms with Crippen molar-refractivity contribution in [1.82, 2.24) is 19.9 Å². The number of nitrogens with zero attached hydrogens (tertiary/aromatic N) is 4. The zero-order valence-electron chi connectivity index (χ0n) is 30.3. The molecule has 0 aliphatic rings. The minimum atomic E-state index is -2.68. The SMILES string of the molecule is c1ccc(-c2nc(-c3ccc([Si](c4ccccc4)(c4ccccc4)c4ccccc4)cc3)nc(-c3cccc4ccc5nc(-c6ccccc6)[se]c5c34)n2)cc1. The summed E-state index contributed by atoms with van der Waals surface area (Å²) in [6.07, 6.45) is 0. The fourth-order valence-corrected chi connectivity index (χ4v) is 15.1. The molecule has 0 atom stereocenters. The van der Waals surface area contributed by atoms with Gasteiger partial charge in [-0.1, -0.05) is 91.0 Å². The Bertz CT molecular complexity index is 2840. The minimum absolute atomic E-state index is 0.0207. The molecule has 10 aromatic rings. The first kappa shape index (κ1) is 34.0. The number of aromatic nitrogens is 4. The van der Waals surface area contributed by atoms with Crippen LogP contribution in [0.2, 0.25) is 0 Å². The van der Waals surface area contributed by atoms with Crippen molar-refractivity contribution in [2.24, 2.45) is 0 Å². The van der Waals surface area contributed by atoms with E-state index in [1.807, 2.05) is 18.2 Å². The molecule has 0 amide bonds. The van der Waals surface area contributed by atoms with Gasteiger partial charge in [-0.05, 0) is 0 Å². The first-order valence-corrected chi connectivity index (χ1v) is 22.4. The van der Waals surface area contributed by atoms with Gasteiger partial charge in [0.15, 0.2) is 0 Å².